The molecule has 0 radical (unpaired) electrons. The van der Waals surface area contributed by atoms with Crippen molar-refractivity contribution in [3.63, 3.8) is 0 Å². The molecule has 7 heteroatoms. The molecule has 1 aliphatic heterocycles. The number of nitrogens with one attached hydrogen (secondary N) is 1. The Labute approximate surface area is 129 Å². The lowest BCUT2D eigenvalue weighted by Gasteiger charge is -2.21. The molecule has 1 aromatic heterocycles. The van der Waals surface area contributed by atoms with Crippen LogP contribution < -0.4 is 5.32 Å². The molecule has 1 N–H and O–H groups in total. The Hall–Kier alpha value is -1.63. The van der Waals surface area contributed by atoms with E-state index in [2.05, 4.69) is 27.1 Å². The zero-order valence-electron chi connectivity index (χ0n) is 12.9. The summed E-state index contributed by atoms with van der Waals surface area (Å²) in [5.74, 6) is 0.839. The lowest BCUT2D eigenvalue weighted by Crippen LogP contribution is -2.40. The number of nitrogens with zero attached hydrogens (tertiary/aromatic N) is 3. The van der Waals surface area contributed by atoms with Gasteiger partial charge in [-0.1, -0.05) is 6.92 Å². The predicted molar refractivity (Wildman–Crippen MR) is 83.3 cm³/mol. The van der Waals surface area contributed by atoms with E-state index >= 15 is 0 Å². The topological polar surface area (TPSA) is 66.8 Å². The number of hydrogen-bond donors (Lipinski definition) is 1. The average Bonchev–Trinajstić information content (AvgIpc) is 3.05. The number of aliphatic imine (C=N–C) groups is 1. The van der Waals surface area contributed by atoms with E-state index in [1.165, 1.54) is 12.0 Å². The Morgan fingerprint density at radius 3 is 2.95 bits per heavy atom. The fourth-order valence-corrected chi connectivity index (χ4v) is 3.29. The van der Waals surface area contributed by atoms with E-state index in [9.17, 15) is 4.79 Å². The molecule has 2 heterocycles. The number of thiazole rings is 1. The van der Waals surface area contributed by atoms with E-state index in [1.807, 2.05) is 13.1 Å². The third-order valence-electron chi connectivity index (χ3n) is 3.69. The Balaban J connectivity index is 1.94. The monoisotopic (exact) mass is 310 g/mol. The zero-order valence-corrected chi connectivity index (χ0v) is 13.7. The second-order valence-corrected chi connectivity index (χ2v) is 6.60. The van der Waals surface area contributed by atoms with Crippen LogP contribution in [-0.2, 0) is 16.1 Å². The van der Waals surface area contributed by atoms with Crippen LogP contribution in [0.25, 0.3) is 0 Å². The summed E-state index contributed by atoms with van der Waals surface area (Å²) in [4.78, 5) is 23.7. The van der Waals surface area contributed by atoms with Crippen LogP contribution in [-0.4, -0.2) is 49.1 Å². The van der Waals surface area contributed by atoms with Crippen LogP contribution in [0.15, 0.2) is 11.2 Å². The molecule has 21 heavy (non-hydrogen) atoms. The van der Waals surface area contributed by atoms with E-state index in [0.717, 1.165) is 17.5 Å². The van der Waals surface area contributed by atoms with Crippen molar-refractivity contribution in [1.29, 1.82) is 0 Å². The minimum Gasteiger partial charge on any atom is -0.469 e. The number of ether oxygens (including phenoxy) is 1. The molecule has 1 aliphatic rings. The molecule has 0 saturated carbocycles. The van der Waals surface area contributed by atoms with Crippen LogP contribution >= 0.6 is 11.3 Å². The van der Waals surface area contributed by atoms with Crippen molar-refractivity contribution < 1.29 is 9.53 Å². The van der Waals surface area contributed by atoms with Crippen molar-refractivity contribution in [1.82, 2.24) is 15.2 Å². The number of esters is 1. The second kappa shape index (κ2) is 6.89. The van der Waals surface area contributed by atoms with Gasteiger partial charge in [-0.15, -0.1) is 11.3 Å². The maximum atomic E-state index is 11.7. The number of carbonyl (C=O) groups is 1. The predicted octanol–water partition coefficient (Wildman–Crippen LogP) is 1.27. The van der Waals surface area contributed by atoms with Gasteiger partial charge in [0.2, 0.25) is 0 Å². The molecule has 1 aromatic rings. The highest BCUT2D eigenvalue weighted by molar-refractivity contribution is 7.11. The van der Waals surface area contributed by atoms with Gasteiger partial charge >= 0.3 is 5.97 Å². The fraction of sp³-hybridized carbons (Fsp3) is 0.643. The molecule has 1 fully saturated rings. The number of methoxy groups -OCH3 is 1. The van der Waals surface area contributed by atoms with Gasteiger partial charge in [0.25, 0.3) is 0 Å². The number of hydrogen-bond acceptors (Lipinski definition) is 5. The van der Waals surface area contributed by atoms with Gasteiger partial charge < -0.3 is 15.0 Å². The first kappa shape index (κ1) is 15.8. The van der Waals surface area contributed by atoms with Gasteiger partial charge in [-0.25, -0.2) is 4.98 Å². The minimum atomic E-state index is -0.143. The Bertz CT molecular complexity index is 529. The average molecular weight is 310 g/mol. The Morgan fingerprint density at radius 1 is 1.62 bits per heavy atom. The Kier molecular flexibility index (Phi) is 5.17. The largest absolute Gasteiger partial charge is 0.469 e. The van der Waals surface area contributed by atoms with Gasteiger partial charge in [-0.2, -0.15) is 0 Å². The van der Waals surface area contributed by atoms with E-state index in [-0.39, 0.29) is 17.8 Å². The molecular formula is C14H22N4O2S. The van der Waals surface area contributed by atoms with Crippen molar-refractivity contribution in [2.24, 2.45) is 16.8 Å². The zero-order chi connectivity index (χ0) is 15.4. The van der Waals surface area contributed by atoms with Crippen molar-refractivity contribution in [2.75, 3.05) is 27.2 Å². The number of aryl methyl sites for hydroxylation is 1. The van der Waals surface area contributed by atoms with Crippen LogP contribution in [0.5, 0.6) is 0 Å². The highest BCUT2D eigenvalue weighted by Gasteiger charge is 2.36. The maximum Gasteiger partial charge on any atom is 0.310 e. The third-order valence-corrected chi connectivity index (χ3v) is 4.61. The van der Waals surface area contributed by atoms with E-state index in [0.29, 0.717) is 13.1 Å². The molecule has 0 amide bonds. The number of likely N-dealkylation sites (tertiary alicyclic amines) is 1. The molecule has 2 rings (SSSR count). The summed E-state index contributed by atoms with van der Waals surface area (Å²) in [5, 5.41) is 4.34. The summed E-state index contributed by atoms with van der Waals surface area (Å²) in [6.45, 7) is 6.21. The van der Waals surface area contributed by atoms with Crippen LogP contribution in [0.3, 0.4) is 0 Å². The van der Waals surface area contributed by atoms with Gasteiger partial charge in [0.1, 0.15) is 5.01 Å². The number of guanidine groups is 1. The summed E-state index contributed by atoms with van der Waals surface area (Å²) < 4.78 is 4.86. The van der Waals surface area contributed by atoms with Gasteiger partial charge in [0.15, 0.2) is 5.96 Å². The van der Waals surface area contributed by atoms with Crippen LogP contribution in [0.4, 0.5) is 0 Å². The first-order valence-corrected chi connectivity index (χ1v) is 7.81. The third kappa shape index (κ3) is 3.72. The number of aromatic nitrogens is 1. The lowest BCUT2D eigenvalue weighted by molar-refractivity contribution is -0.145. The summed E-state index contributed by atoms with van der Waals surface area (Å²) in [6, 6.07) is 0. The summed E-state index contributed by atoms with van der Waals surface area (Å²) >= 11 is 1.67. The molecule has 0 bridgehead atoms. The van der Waals surface area contributed by atoms with E-state index in [4.69, 9.17) is 4.74 Å². The second-order valence-electron chi connectivity index (χ2n) is 5.28. The van der Waals surface area contributed by atoms with Crippen molar-refractivity contribution >= 4 is 23.3 Å². The Morgan fingerprint density at radius 2 is 2.38 bits per heavy atom. The standard InChI is InChI=1S/C14H22N4O2S/c1-9-7-18(8-11(9)13(19)20-4)14(15-3)17-6-12-16-5-10(2)21-12/h5,9,11H,6-8H2,1-4H3,(H,15,17). The van der Waals surface area contributed by atoms with Crippen LogP contribution in [0, 0.1) is 18.8 Å². The van der Waals surface area contributed by atoms with E-state index in [1.54, 1.807) is 18.4 Å². The molecule has 0 aromatic carbocycles. The first-order valence-electron chi connectivity index (χ1n) is 7.00. The highest BCUT2D eigenvalue weighted by atomic mass is 32.1. The van der Waals surface area contributed by atoms with Gasteiger partial charge in [-0.05, 0) is 12.8 Å². The van der Waals surface area contributed by atoms with E-state index < -0.39 is 0 Å². The summed E-state index contributed by atoms with van der Waals surface area (Å²) in [5.41, 5.74) is 0. The number of carbonyl (C=O) groups excluding carboxylic acids is 1. The normalized spacial score (nSPS) is 22.5. The highest BCUT2D eigenvalue weighted by Crippen LogP contribution is 2.24. The molecule has 2 unspecified atom stereocenters. The molecule has 0 spiro atoms. The summed E-state index contributed by atoms with van der Waals surface area (Å²) in [6.07, 6.45) is 1.87. The SMILES string of the molecule is CN=C(NCc1ncc(C)s1)N1CC(C)C(C(=O)OC)C1. The van der Waals surface area contributed by atoms with Crippen LogP contribution in [0.2, 0.25) is 0 Å². The summed E-state index contributed by atoms with van der Waals surface area (Å²) in [7, 11) is 3.20. The molecule has 6 nitrogen and oxygen atoms in total. The smallest absolute Gasteiger partial charge is 0.310 e. The fourth-order valence-electron chi connectivity index (χ4n) is 2.57. The maximum absolute atomic E-state index is 11.7. The van der Waals surface area contributed by atoms with Crippen molar-refractivity contribution in [3.8, 4) is 0 Å². The minimum absolute atomic E-state index is 0.0874. The van der Waals surface area contributed by atoms with Gasteiger partial charge in [0, 0.05) is 31.2 Å². The molecule has 0 aliphatic carbocycles. The van der Waals surface area contributed by atoms with Crippen molar-refractivity contribution in [2.45, 2.75) is 20.4 Å². The molecule has 116 valence electrons. The van der Waals surface area contributed by atoms with Gasteiger partial charge in [0.05, 0.1) is 19.6 Å². The molecular weight excluding hydrogens is 288 g/mol. The lowest BCUT2D eigenvalue weighted by atomic mass is 9.99. The van der Waals surface area contributed by atoms with Gasteiger partial charge in [-0.3, -0.25) is 9.79 Å². The molecule has 1 saturated heterocycles. The number of rotatable bonds is 3. The van der Waals surface area contributed by atoms with Crippen molar-refractivity contribution in [3.05, 3.63) is 16.1 Å². The quantitative estimate of drug-likeness (QED) is 0.517. The van der Waals surface area contributed by atoms with Crippen LogP contribution in [0.1, 0.15) is 16.8 Å². The molecule has 2 atom stereocenters. The first-order chi connectivity index (χ1) is 10.0.